The fourth-order valence-electron chi connectivity index (χ4n) is 4.13. The minimum atomic E-state index is -1.17. The predicted octanol–water partition coefficient (Wildman–Crippen LogP) is 0.0326. The summed E-state index contributed by atoms with van der Waals surface area (Å²) < 4.78 is 26.9. The normalized spacial score (nSPS) is 11.1. The van der Waals surface area contributed by atoms with Gasteiger partial charge in [0.25, 0.3) is 22.2 Å². The summed E-state index contributed by atoms with van der Waals surface area (Å²) in [5.74, 6) is -3.22. The zero-order valence-corrected chi connectivity index (χ0v) is 25.0. The van der Waals surface area contributed by atoms with E-state index in [1.165, 1.54) is 33.1 Å². The van der Waals surface area contributed by atoms with Gasteiger partial charge in [-0.1, -0.05) is 13.2 Å². The van der Waals surface area contributed by atoms with Crippen molar-refractivity contribution in [3.8, 4) is 0 Å². The van der Waals surface area contributed by atoms with Crippen molar-refractivity contribution in [2.75, 3.05) is 33.5 Å². The number of carbonyl (C=O) groups is 4. The molecule has 0 N–H and O–H groups in total. The standard InChI is InChI=1S/C30H32N2O13/c1-16(2)29(39)43-14-18(15-44-30(40)17(3)4)45-24(34)7-6-23(33)42-11-9-32-27(37)21-12-19-20(13-22(21)28(32)38)26(36)31(25(19)35)8-10-41-5/h12-13,18H,1,3,6-11,14-15H2,2,4-5H3. The van der Waals surface area contributed by atoms with E-state index in [0.717, 1.165) is 9.13 Å². The molecule has 0 atom stereocenters. The number of benzene rings is 1. The average Bonchev–Trinajstić information content (AvgIpc) is 3.37. The molecule has 15 heteroatoms. The molecule has 45 heavy (non-hydrogen) atoms. The molecule has 3 rings (SSSR count). The number of rotatable bonds is 16. The van der Waals surface area contributed by atoms with Crippen molar-refractivity contribution in [1.82, 2.24) is 9.13 Å². The number of nitrogens with zero attached hydrogens (tertiary/aromatic N) is 2. The first kappa shape index (κ1) is 34.3. The molecule has 0 amide bonds. The van der Waals surface area contributed by atoms with E-state index in [2.05, 4.69) is 13.2 Å². The predicted molar refractivity (Wildman–Crippen MR) is 158 cm³/mol. The molecular formula is C30H32N2O13. The highest BCUT2D eigenvalue weighted by molar-refractivity contribution is 5.97. The molecule has 0 aliphatic rings. The summed E-state index contributed by atoms with van der Waals surface area (Å²) in [6, 6.07) is 2.42. The lowest BCUT2D eigenvalue weighted by Gasteiger charge is -2.18. The van der Waals surface area contributed by atoms with Gasteiger partial charge in [0.2, 0.25) is 0 Å². The molecule has 1 aromatic carbocycles. The second kappa shape index (κ2) is 15.0. The Morgan fingerprint density at radius 1 is 0.667 bits per heavy atom. The van der Waals surface area contributed by atoms with Crippen LogP contribution in [0.1, 0.15) is 26.7 Å². The lowest BCUT2D eigenvalue weighted by molar-refractivity contribution is -0.165. The van der Waals surface area contributed by atoms with E-state index < -0.39 is 84.9 Å². The highest BCUT2D eigenvalue weighted by atomic mass is 16.6. The third-order valence-electron chi connectivity index (χ3n) is 6.49. The van der Waals surface area contributed by atoms with E-state index >= 15 is 0 Å². The highest BCUT2D eigenvalue weighted by Gasteiger charge is 2.22. The fourth-order valence-corrected chi connectivity index (χ4v) is 4.13. The Morgan fingerprint density at radius 3 is 1.47 bits per heavy atom. The third kappa shape index (κ3) is 8.26. The minimum absolute atomic E-state index is 0.00127. The van der Waals surface area contributed by atoms with Crippen LogP contribution in [0.2, 0.25) is 0 Å². The summed E-state index contributed by atoms with van der Waals surface area (Å²) in [7, 11) is 1.42. The van der Waals surface area contributed by atoms with Gasteiger partial charge in [0.1, 0.15) is 19.8 Å². The van der Waals surface area contributed by atoms with Crippen molar-refractivity contribution in [3.05, 3.63) is 77.9 Å². The molecule has 0 saturated heterocycles. The van der Waals surface area contributed by atoms with Crippen molar-refractivity contribution >= 4 is 45.4 Å². The maximum absolute atomic E-state index is 12.9. The smallest absolute Gasteiger partial charge is 0.333 e. The molecule has 0 spiro atoms. The van der Waals surface area contributed by atoms with Crippen LogP contribution in [0.25, 0.3) is 21.5 Å². The molecule has 0 saturated carbocycles. The van der Waals surface area contributed by atoms with Crippen LogP contribution in [0.5, 0.6) is 0 Å². The van der Waals surface area contributed by atoms with Crippen LogP contribution in [0.4, 0.5) is 0 Å². The summed E-state index contributed by atoms with van der Waals surface area (Å²) >= 11 is 0. The third-order valence-corrected chi connectivity index (χ3v) is 6.49. The van der Waals surface area contributed by atoms with E-state index in [4.69, 9.17) is 23.7 Å². The van der Waals surface area contributed by atoms with Crippen molar-refractivity contribution in [2.45, 2.75) is 45.9 Å². The number of esters is 4. The van der Waals surface area contributed by atoms with Crippen molar-refractivity contribution in [2.24, 2.45) is 0 Å². The van der Waals surface area contributed by atoms with E-state index in [0.29, 0.717) is 0 Å². The second-order valence-electron chi connectivity index (χ2n) is 10.0. The quantitative estimate of drug-likeness (QED) is 0.117. The van der Waals surface area contributed by atoms with Gasteiger partial charge in [0.05, 0.1) is 54.1 Å². The Morgan fingerprint density at radius 2 is 1.07 bits per heavy atom. The first-order valence-corrected chi connectivity index (χ1v) is 13.7. The number of ether oxygens (including phenoxy) is 5. The minimum Gasteiger partial charge on any atom is -0.464 e. The van der Waals surface area contributed by atoms with Crippen LogP contribution in [0, 0.1) is 0 Å². The lowest BCUT2D eigenvalue weighted by atomic mass is 10.1. The van der Waals surface area contributed by atoms with Crippen LogP contribution in [-0.4, -0.2) is 72.7 Å². The van der Waals surface area contributed by atoms with Crippen LogP contribution in [0.3, 0.4) is 0 Å². The van der Waals surface area contributed by atoms with E-state index in [9.17, 15) is 38.4 Å². The molecular weight excluding hydrogens is 596 g/mol. The topological polar surface area (TPSA) is 193 Å². The van der Waals surface area contributed by atoms with Gasteiger partial charge in [-0.3, -0.25) is 37.9 Å². The van der Waals surface area contributed by atoms with Crippen molar-refractivity contribution < 1.29 is 42.9 Å². The van der Waals surface area contributed by atoms with E-state index in [1.54, 1.807) is 0 Å². The van der Waals surface area contributed by atoms with Gasteiger partial charge < -0.3 is 23.7 Å². The molecule has 2 aromatic heterocycles. The molecule has 0 radical (unpaired) electrons. The molecule has 0 unspecified atom stereocenters. The van der Waals surface area contributed by atoms with E-state index in [-0.39, 0.29) is 52.4 Å². The van der Waals surface area contributed by atoms with Gasteiger partial charge >= 0.3 is 23.9 Å². The van der Waals surface area contributed by atoms with Gasteiger partial charge in [0.15, 0.2) is 6.10 Å². The van der Waals surface area contributed by atoms with Gasteiger partial charge in [0, 0.05) is 18.3 Å². The van der Waals surface area contributed by atoms with Gasteiger partial charge in [-0.25, -0.2) is 9.59 Å². The first-order chi connectivity index (χ1) is 21.3. The number of hydrogen-bond acceptors (Lipinski definition) is 13. The SMILES string of the molecule is C=C(C)C(=O)OCC(COC(=O)C(=C)C)OC(=O)CCC(=O)OCCn1c(=O)c2cc3c(=O)n(CCOC)c(=O)c3cc2c1=O. The van der Waals surface area contributed by atoms with Crippen LogP contribution in [0.15, 0.2) is 55.6 Å². The molecule has 0 aliphatic carbocycles. The number of methoxy groups -OCH3 is 1. The highest BCUT2D eigenvalue weighted by Crippen LogP contribution is 2.14. The van der Waals surface area contributed by atoms with E-state index in [1.807, 2.05) is 0 Å². The molecule has 2 heterocycles. The summed E-state index contributed by atoms with van der Waals surface area (Å²) in [6.45, 7) is 8.25. The van der Waals surface area contributed by atoms with Crippen molar-refractivity contribution in [3.63, 3.8) is 0 Å². The Kier molecular flexibility index (Phi) is 11.4. The van der Waals surface area contributed by atoms with Gasteiger partial charge in [-0.15, -0.1) is 0 Å². The molecule has 0 bridgehead atoms. The zero-order valence-electron chi connectivity index (χ0n) is 25.0. The summed E-state index contributed by atoms with van der Waals surface area (Å²) in [5.41, 5.74) is -2.46. The van der Waals surface area contributed by atoms with Crippen molar-refractivity contribution in [1.29, 1.82) is 0 Å². The number of aromatic nitrogens is 2. The number of hydrogen-bond donors (Lipinski definition) is 0. The summed E-state index contributed by atoms with van der Waals surface area (Å²) in [5, 5.41) is -0.109. The Balaban J connectivity index is 1.58. The molecule has 0 aliphatic heterocycles. The average molecular weight is 629 g/mol. The molecule has 3 aromatic rings. The molecule has 240 valence electrons. The summed E-state index contributed by atoms with van der Waals surface area (Å²) in [4.78, 5) is 99.1. The van der Waals surface area contributed by atoms with Crippen LogP contribution in [-0.2, 0) is 56.0 Å². The molecule has 0 fully saturated rings. The first-order valence-electron chi connectivity index (χ1n) is 13.7. The maximum atomic E-state index is 12.9. The largest absolute Gasteiger partial charge is 0.464 e. The summed E-state index contributed by atoms with van der Waals surface area (Å²) in [6.07, 6.45) is -2.05. The lowest BCUT2D eigenvalue weighted by Crippen LogP contribution is -2.31. The Bertz CT molecular complexity index is 1760. The zero-order chi connectivity index (χ0) is 33.4. The maximum Gasteiger partial charge on any atom is 0.333 e. The monoisotopic (exact) mass is 628 g/mol. The van der Waals surface area contributed by atoms with Gasteiger partial charge in [-0.2, -0.15) is 0 Å². The molecule has 15 nitrogen and oxygen atoms in total. The number of fused-ring (bicyclic) bond motifs is 2. The second-order valence-corrected chi connectivity index (χ2v) is 10.0. The Labute approximate surface area is 254 Å². The fraction of sp³-hybridized carbons (Fsp3) is 0.400. The Hall–Kier alpha value is -5.18. The van der Waals surface area contributed by atoms with Crippen LogP contribution < -0.4 is 22.2 Å². The van der Waals surface area contributed by atoms with Crippen LogP contribution >= 0.6 is 0 Å². The van der Waals surface area contributed by atoms with Gasteiger partial charge in [-0.05, 0) is 26.0 Å². The number of carbonyl (C=O) groups excluding carboxylic acids is 4.